The molecule has 2 unspecified atom stereocenters. The number of rotatable bonds is 7. The average molecular weight is 489 g/mol. The van der Waals surface area contributed by atoms with E-state index in [1.54, 1.807) is 18.9 Å². The highest BCUT2D eigenvalue weighted by Gasteiger charge is 2.25. The van der Waals surface area contributed by atoms with Crippen LogP contribution in [0, 0.1) is 12.8 Å². The number of amides is 1. The maximum absolute atomic E-state index is 12.4. The topological polar surface area (TPSA) is 87.6 Å². The molecule has 2 N–H and O–H groups in total. The van der Waals surface area contributed by atoms with Crippen LogP contribution in [0.5, 0.6) is 5.75 Å². The highest BCUT2D eigenvalue weighted by molar-refractivity contribution is 5.94. The first kappa shape index (κ1) is 25.6. The highest BCUT2D eigenvalue weighted by Crippen LogP contribution is 2.39. The maximum atomic E-state index is 12.4. The lowest BCUT2D eigenvalue weighted by molar-refractivity contribution is -0.133. The Hall–Kier alpha value is -3.45. The van der Waals surface area contributed by atoms with Gasteiger partial charge in [-0.25, -0.2) is 9.97 Å². The molecule has 7 nitrogen and oxygen atoms in total. The van der Waals surface area contributed by atoms with Gasteiger partial charge in [0.2, 0.25) is 5.91 Å². The van der Waals surface area contributed by atoms with Crippen molar-refractivity contribution in [2.24, 2.45) is 5.92 Å². The molecule has 190 valence electrons. The summed E-state index contributed by atoms with van der Waals surface area (Å²) in [6.07, 6.45) is 4.00. The van der Waals surface area contributed by atoms with E-state index in [0.717, 1.165) is 58.4 Å². The lowest BCUT2D eigenvalue weighted by Crippen LogP contribution is -2.30. The van der Waals surface area contributed by atoms with Gasteiger partial charge in [0.25, 0.3) is 0 Å². The minimum absolute atomic E-state index is 0.0247. The number of aliphatic hydroxyl groups excluding tert-OH is 1. The van der Waals surface area contributed by atoms with Gasteiger partial charge < -0.3 is 20.1 Å². The maximum Gasteiger partial charge on any atom is 0.225 e. The molecule has 0 saturated heterocycles. The predicted molar refractivity (Wildman–Crippen MR) is 144 cm³/mol. The molecule has 0 radical (unpaired) electrons. The smallest absolute Gasteiger partial charge is 0.225 e. The number of aryl methyl sites for hydroxylation is 1. The molecule has 3 aromatic rings. The molecule has 0 aliphatic heterocycles. The van der Waals surface area contributed by atoms with Crippen molar-refractivity contribution in [2.45, 2.75) is 52.2 Å². The number of anilines is 1. The van der Waals surface area contributed by atoms with Gasteiger partial charge in [-0.05, 0) is 62.8 Å². The zero-order valence-electron chi connectivity index (χ0n) is 22.0. The van der Waals surface area contributed by atoms with Crippen LogP contribution in [0.1, 0.15) is 67.8 Å². The summed E-state index contributed by atoms with van der Waals surface area (Å²) in [5.74, 6) is 2.41. The first-order chi connectivity index (χ1) is 17.2. The molecule has 1 aliphatic carbocycles. The van der Waals surface area contributed by atoms with Gasteiger partial charge in [0.15, 0.2) is 0 Å². The number of hydrogen-bond acceptors (Lipinski definition) is 6. The normalized spacial score (nSPS) is 17.3. The predicted octanol–water partition coefficient (Wildman–Crippen LogP) is 5.44. The number of methoxy groups -OCH3 is 1. The molecule has 36 heavy (non-hydrogen) atoms. The molecule has 1 aliphatic rings. The molecule has 3 atom stereocenters. The van der Waals surface area contributed by atoms with Crippen molar-refractivity contribution in [3.63, 3.8) is 0 Å². The Morgan fingerprint density at radius 3 is 2.56 bits per heavy atom. The second-order valence-electron chi connectivity index (χ2n) is 9.83. The number of carbonyl (C=O) groups excluding carboxylic acids is 1. The Balaban J connectivity index is 1.70. The summed E-state index contributed by atoms with van der Waals surface area (Å²) in [6, 6.07) is 12.0. The van der Waals surface area contributed by atoms with E-state index in [1.807, 2.05) is 51.4 Å². The van der Waals surface area contributed by atoms with E-state index >= 15 is 0 Å². The fraction of sp³-hybridized carbons (Fsp3) is 0.414. The Morgan fingerprint density at radius 1 is 1.17 bits per heavy atom. The van der Waals surface area contributed by atoms with Crippen LogP contribution in [-0.4, -0.2) is 47.1 Å². The minimum atomic E-state index is -0.523. The molecule has 1 heterocycles. The standard InChI is InChI=1S/C29H36N4O3/c1-17(22-8-7-9-23(14-22)18(2)34)30-28-25-15-24(27(36-6)16-26(25)31-19(3)32-28)20-10-12-21(13-11-20)29(35)33(4)5/h7-10,14-18,21,34H,11-13H2,1-6H3,(H,30,31,32)/t17-,18?,21?/m0/s1. The molecule has 1 amide bonds. The van der Waals surface area contributed by atoms with Gasteiger partial charge in [0.05, 0.1) is 18.7 Å². The molecule has 4 rings (SSSR count). The molecule has 0 saturated carbocycles. The van der Waals surface area contributed by atoms with Crippen LogP contribution in [0.15, 0.2) is 42.5 Å². The highest BCUT2D eigenvalue weighted by atomic mass is 16.5. The number of fused-ring (bicyclic) bond motifs is 1. The summed E-state index contributed by atoms with van der Waals surface area (Å²) in [5, 5.41) is 14.5. The molecule has 1 aromatic heterocycles. The van der Waals surface area contributed by atoms with Crippen LogP contribution in [0.2, 0.25) is 0 Å². The van der Waals surface area contributed by atoms with Crippen molar-refractivity contribution in [1.82, 2.24) is 14.9 Å². The summed E-state index contributed by atoms with van der Waals surface area (Å²) < 4.78 is 5.76. The number of ether oxygens (including phenoxy) is 1. The molecule has 0 fully saturated rings. The number of nitrogens with one attached hydrogen (secondary N) is 1. The zero-order valence-corrected chi connectivity index (χ0v) is 22.0. The second-order valence-corrected chi connectivity index (χ2v) is 9.83. The molecular weight excluding hydrogens is 452 g/mol. The Kier molecular flexibility index (Phi) is 7.59. The lowest BCUT2D eigenvalue weighted by atomic mass is 9.85. The number of hydrogen-bond donors (Lipinski definition) is 2. The van der Waals surface area contributed by atoms with Gasteiger partial charge in [-0.15, -0.1) is 0 Å². The van der Waals surface area contributed by atoms with Gasteiger partial charge in [-0.1, -0.05) is 30.3 Å². The van der Waals surface area contributed by atoms with Crippen molar-refractivity contribution < 1.29 is 14.6 Å². The van der Waals surface area contributed by atoms with E-state index in [2.05, 4.69) is 29.4 Å². The summed E-state index contributed by atoms with van der Waals surface area (Å²) in [7, 11) is 5.30. The Bertz CT molecular complexity index is 1300. The number of aromatic nitrogens is 2. The van der Waals surface area contributed by atoms with Crippen molar-refractivity contribution in [2.75, 3.05) is 26.5 Å². The third kappa shape index (κ3) is 5.36. The third-order valence-corrected chi connectivity index (χ3v) is 6.92. The van der Waals surface area contributed by atoms with Crippen molar-refractivity contribution >= 4 is 28.2 Å². The van der Waals surface area contributed by atoms with Gasteiger partial charge in [0.1, 0.15) is 17.4 Å². The first-order valence-corrected chi connectivity index (χ1v) is 12.5. The molecule has 0 bridgehead atoms. The number of allylic oxidation sites excluding steroid dienone is 2. The van der Waals surface area contributed by atoms with E-state index in [9.17, 15) is 9.90 Å². The monoisotopic (exact) mass is 488 g/mol. The second kappa shape index (κ2) is 10.7. The van der Waals surface area contributed by atoms with E-state index in [0.29, 0.717) is 5.82 Å². The number of carbonyl (C=O) groups is 1. The SMILES string of the molecule is COc1cc2nc(C)nc(N[C@@H](C)c3cccc(C(C)O)c3)c2cc1C1=CCC(C(=O)N(C)C)CC1. The van der Waals surface area contributed by atoms with Crippen LogP contribution in [0.4, 0.5) is 5.82 Å². The van der Waals surface area contributed by atoms with Crippen LogP contribution in [-0.2, 0) is 4.79 Å². The van der Waals surface area contributed by atoms with Crippen LogP contribution in [0.25, 0.3) is 16.5 Å². The van der Waals surface area contributed by atoms with Crippen LogP contribution in [0.3, 0.4) is 0 Å². The van der Waals surface area contributed by atoms with E-state index in [-0.39, 0.29) is 17.9 Å². The van der Waals surface area contributed by atoms with Crippen LogP contribution >= 0.6 is 0 Å². The summed E-state index contributed by atoms with van der Waals surface area (Å²) in [5.41, 5.74) is 4.96. The number of nitrogens with zero attached hydrogens (tertiary/aromatic N) is 3. The molecular formula is C29H36N4O3. The van der Waals surface area contributed by atoms with Gasteiger partial charge in [0, 0.05) is 43.1 Å². The zero-order chi connectivity index (χ0) is 26.0. The Morgan fingerprint density at radius 2 is 1.92 bits per heavy atom. The van der Waals surface area contributed by atoms with Gasteiger partial charge in [-0.2, -0.15) is 0 Å². The van der Waals surface area contributed by atoms with Crippen molar-refractivity contribution in [3.05, 3.63) is 65.0 Å². The fourth-order valence-electron chi connectivity index (χ4n) is 4.85. The molecule has 2 aromatic carbocycles. The van der Waals surface area contributed by atoms with Crippen molar-refractivity contribution in [3.8, 4) is 5.75 Å². The fourth-order valence-corrected chi connectivity index (χ4v) is 4.85. The number of benzene rings is 2. The summed E-state index contributed by atoms with van der Waals surface area (Å²) in [4.78, 5) is 23.5. The van der Waals surface area contributed by atoms with Crippen LogP contribution < -0.4 is 10.1 Å². The Labute approximate surface area is 213 Å². The van der Waals surface area contributed by atoms with Gasteiger partial charge in [-0.3, -0.25) is 4.79 Å². The largest absolute Gasteiger partial charge is 0.496 e. The van der Waals surface area contributed by atoms with Crippen molar-refractivity contribution in [1.29, 1.82) is 0 Å². The average Bonchev–Trinajstić information content (AvgIpc) is 2.87. The van der Waals surface area contributed by atoms with Gasteiger partial charge >= 0.3 is 0 Å². The minimum Gasteiger partial charge on any atom is -0.496 e. The molecule has 7 heteroatoms. The summed E-state index contributed by atoms with van der Waals surface area (Å²) in [6.45, 7) is 5.74. The lowest BCUT2D eigenvalue weighted by Gasteiger charge is -2.25. The van der Waals surface area contributed by atoms with E-state index < -0.39 is 6.10 Å². The molecule has 0 spiro atoms. The quantitative estimate of drug-likeness (QED) is 0.460. The summed E-state index contributed by atoms with van der Waals surface area (Å²) >= 11 is 0. The third-order valence-electron chi connectivity index (χ3n) is 6.92. The van der Waals surface area contributed by atoms with E-state index in [1.165, 1.54) is 5.57 Å². The number of aliphatic hydroxyl groups is 1. The van der Waals surface area contributed by atoms with E-state index in [4.69, 9.17) is 9.72 Å². The first-order valence-electron chi connectivity index (χ1n) is 12.5.